The van der Waals surface area contributed by atoms with Crippen LogP contribution < -0.4 is 4.90 Å². The van der Waals surface area contributed by atoms with Gasteiger partial charge in [0, 0.05) is 17.3 Å². The number of allylic oxidation sites excluding steroid dienone is 1. The van der Waals surface area contributed by atoms with Gasteiger partial charge in [-0.25, -0.2) is 0 Å². The van der Waals surface area contributed by atoms with Gasteiger partial charge in [-0.2, -0.15) is 0 Å². The van der Waals surface area contributed by atoms with Crippen molar-refractivity contribution in [2.45, 2.75) is 19.5 Å². The van der Waals surface area contributed by atoms with Crippen LogP contribution in [0.2, 0.25) is 0 Å². The van der Waals surface area contributed by atoms with Gasteiger partial charge >= 0.3 is 0 Å². The zero-order valence-electron chi connectivity index (χ0n) is 11.2. The van der Waals surface area contributed by atoms with Crippen molar-refractivity contribution in [3.8, 4) is 0 Å². The number of benzene rings is 1. The van der Waals surface area contributed by atoms with Gasteiger partial charge in [0.2, 0.25) is 5.91 Å². The highest BCUT2D eigenvalue weighted by Gasteiger charge is 2.44. The lowest BCUT2D eigenvalue weighted by atomic mass is 9.92. The maximum absolute atomic E-state index is 12.5. The van der Waals surface area contributed by atoms with Gasteiger partial charge in [0.15, 0.2) is 0 Å². The fourth-order valence-corrected chi connectivity index (χ4v) is 4.03. The van der Waals surface area contributed by atoms with Crippen molar-refractivity contribution in [2.24, 2.45) is 11.8 Å². The van der Waals surface area contributed by atoms with Crippen molar-refractivity contribution in [3.05, 3.63) is 42.6 Å². The second-order valence-electron chi connectivity index (χ2n) is 5.04. The lowest BCUT2D eigenvalue weighted by Crippen LogP contribution is -2.26. The molecule has 2 nitrogen and oxygen atoms in total. The molecule has 1 fully saturated rings. The molecule has 0 N–H and O–H groups in total. The first-order valence-corrected chi connectivity index (χ1v) is 7.90. The zero-order chi connectivity index (χ0) is 13.3. The van der Waals surface area contributed by atoms with E-state index in [0.717, 1.165) is 11.4 Å². The van der Waals surface area contributed by atoms with Crippen molar-refractivity contribution in [1.29, 1.82) is 0 Å². The molecular weight excluding hydrogens is 241 g/mol. The summed E-state index contributed by atoms with van der Waals surface area (Å²) >= 11 is 0. The Morgan fingerprint density at radius 1 is 1.28 bits per heavy atom. The molecule has 0 radical (unpaired) electrons. The summed E-state index contributed by atoms with van der Waals surface area (Å²) in [6.45, 7) is 10.6. The predicted octanol–water partition coefficient (Wildman–Crippen LogP) is 3.50. The average molecular weight is 261 g/mol. The second kappa shape index (κ2) is 5.24. The molecule has 96 valence electrons. The average Bonchev–Trinajstić information content (AvgIpc) is 2.61. The number of para-hydroxylation sites is 1. The van der Waals surface area contributed by atoms with Gasteiger partial charge in [-0.3, -0.25) is 9.69 Å². The van der Waals surface area contributed by atoms with Gasteiger partial charge < -0.3 is 0 Å². The van der Waals surface area contributed by atoms with E-state index in [1.165, 1.54) is 0 Å². The van der Waals surface area contributed by atoms with Crippen molar-refractivity contribution in [1.82, 2.24) is 0 Å². The first-order valence-electron chi connectivity index (χ1n) is 6.33. The molecule has 0 aliphatic carbocycles. The van der Waals surface area contributed by atoms with E-state index in [1.54, 1.807) is 0 Å². The SMILES string of the molecule is C=C1C(C(C)C)C(PC)C(=O)N1c1ccccc1. The molecule has 2 rings (SSSR count). The smallest absolute Gasteiger partial charge is 0.239 e. The quantitative estimate of drug-likeness (QED) is 0.763. The van der Waals surface area contributed by atoms with E-state index < -0.39 is 0 Å². The van der Waals surface area contributed by atoms with Crippen LogP contribution in [0.15, 0.2) is 42.6 Å². The minimum Gasteiger partial charge on any atom is -0.285 e. The monoisotopic (exact) mass is 261 g/mol. The number of anilines is 1. The molecule has 3 atom stereocenters. The molecule has 0 saturated carbocycles. The molecule has 18 heavy (non-hydrogen) atoms. The minimum absolute atomic E-state index is 0.109. The van der Waals surface area contributed by atoms with E-state index in [9.17, 15) is 4.79 Å². The van der Waals surface area contributed by atoms with Crippen molar-refractivity contribution in [2.75, 3.05) is 11.6 Å². The van der Waals surface area contributed by atoms with E-state index >= 15 is 0 Å². The van der Waals surface area contributed by atoms with Crippen molar-refractivity contribution in [3.63, 3.8) is 0 Å². The number of hydrogen-bond acceptors (Lipinski definition) is 1. The van der Waals surface area contributed by atoms with E-state index in [4.69, 9.17) is 0 Å². The van der Waals surface area contributed by atoms with Crippen LogP contribution in [0.3, 0.4) is 0 Å². The summed E-state index contributed by atoms with van der Waals surface area (Å²) in [7, 11) is 0.630. The summed E-state index contributed by atoms with van der Waals surface area (Å²) in [5, 5.41) is 0. The van der Waals surface area contributed by atoms with E-state index in [0.29, 0.717) is 14.5 Å². The molecular formula is C15H20NOP. The standard InChI is InChI=1S/C15H20NOP/c1-10(2)13-11(3)16(15(17)14(13)18-4)12-8-6-5-7-9-12/h5-10,13-14,18H,3H2,1-2,4H3. The van der Waals surface area contributed by atoms with Crippen LogP contribution in [-0.2, 0) is 4.79 Å². The molecule has 1 aliphatic rings. The molecule has 1 aliphatic heterocycles. The highest BCUT2D eigenvalue weighted by Crippen LogP contribution is 2.43. The molecule has 0 aromatic heterocycles. The number of rotatable bonds is 3. The Balaban J connectivity index is 2.39. The van der Waals surface area contributed by atoms with E-state index in [1.807, 2.05) is 35.2 Å². The van der Waals surface area contributed by atoms with Crippen molar-refractivity contribution >= 4 is 20.2 Å². The maximum atomic E-state index is 12.5. The van der Waals surface area contributed by atoms with Crippen LogP contribution in [0.4, 0.5) is 5.69 Å². The fourth-order valence-electron chi connectivity index (χ4n) is 2.72. The minimum atomic E-state index is 0.109. The number of carbonyl (C=O) groups is 1. The summed E-state index contributed by atoms with van der Waals surface area (Å²) in [6, 6.07) is 9.83. The van der Waals surface area contributed by atoms with Gasteiger partial charge in [-0.05, 0) is 24.7 Å². The third-order valence-corrected chi connectivity index (χ3v) is 4.79. The highest BCUT2D eigenvalue weighted by molar-refractivity contribution is 7.39. The third-order valence-electron chi connectivity index (χ3n) is 3.56. The van der Waals surface area contributed by atoms with Crippen LogP contribution in [0, 0.1) is 11.8 Å². The molecule has 3 unspecified atom stereocenters. The van der Waals surface area contributed by atoms with Crippen LogP contribution in [0.25, 0.3) is 0 Å². The van der Waals surface area contributed by atoms with E-state index in [2.05, 4.69) is 27.1 Å². The fraction of sp³-hybridized carbons (Fsp3) is 0.400. The Morgan fingerprint density at radius 2 is 1.89 bits per heavy atom. The lowest BCUT2D eigenvalue weighted by molar-refractivity contribution is -0.116. The van der Waals surface area contributed by atoms with Crippen LogP contribution in [-0.4, -0.2) is 18.2 Å². The summed E-state index contributed by atoms with van der Waals surface area (Å²) in [6.07, 6.45) is 0. The molecule has 1 amide bonds. The van der Waals surface area contributed by atoms with Gasteiger partial charge in [-0.15, -0.1) is 8.58 Å². The Labute approximate surface area is 111 Å². The molecule has 0 bridgehead atoms. The van der Waals surface area contributed by atoms with Gasteiger partial charge in [0.25, 0.3) is 0 Å². The largest absolute Gasteiger partial charge is 0.285 e. The third kappa shape index (κ3) is 2.10. The van der Waals surface area contributed by atoms with Crippen molar-refractivity contribution < 1.29 is 4.79 Å². The topological polar surface area (TPSA) is 20.3 Å². The maximum Gasteiger partial charge on any atom is 0.239 e. The number of hydrogen-bond donors (Lipinski definition) is 0. The molecule has 1 aromatic rings. The lowest BCUT2D eigenvalue weighted by Gasteiger charge is -2.21. The Hall–Kier alpha value is -1.14. The van der Waals surface area contributed by atoms with Crippen LogP contribution >= 0.6 is 8.58 Å². The summed E-state index contributed by atoms with van der Waals surface area (Å²) < 4.78 is 0. The normalized spacial score (nSPS) is 24.8. The second-order valence-corrected chi connectivity index (χ2v) is 6.24. The molecule has 1 saturated heterocycles. The first-order chi connectivity index (χ1) is 8.57. The molecule has 0 spiro atoms. The Kier molecular flexibility index (Phi) is 3.87. The van der Waals surface area contributed by atoms with Gasteiger partial charge in [0.1, 0.15) is 0 Å². The van der Waals surface area contributed by atoms with Gasteiger partial charge in [0.05, 0.1) is 5.66 Å². The summed E-state index contributed by atoms with van der Waals surface area (Å²) in [4.78, 5) is 14.3. The Bertz CT molecular complexity index is 455. The predicted molar refractivity (Wildman–Crippen MR) is 79.4 cm³/mol. The summed E-state index contributed by atoms with van der Waals surface area (Å²) in [5.41, 5.74) is 2.01. The van der Waals surface area contributed by atoms with Crippen LogP contribution in [0.1, 0.15) is 13.8 Å². The van der Waals surface area contributed by atoms with Crippen LogP contribution in [0.5, 0.6) is 0 Å². The Morgan fingerprint density at radius 3 is 2.33 bits per heavy atom. The zero-order valence-corrected chi connectivity index (χ0v) is 12.2. The number of nitrogens with zero attached hydrogens (tertiary/aromatic N) is 1. The number of amides is 1. The molecule has 1 aromatic carbocycles. The first kappa shape index (κ1) is 13.3. The number of carbonyl (C=O) groups excluding carboxylic acids is 1. The summed E-state index contributed by atoms with van der Waals surface area (Å²) in [5.74, 6) is 0.944. The molecule has 1 heterocycles. The van der Waals surface area contributed by atoms with Gasteiger partial charge in [-0.1, -0.05) is 38.6 Å². The highest BCUT2D eigenvalue weighted by atomic mass is 31.1. The molecule has 3 heteroatoms. The van der Waals surface area contributed by atoms with E-state index in [-0.39, 0.29) is 17.5 Å².